The second-order valence-electron chi connectivity index (χ2n) is 4.38. The van der Waals surface area contributed by atoms with E-state index in [1.165, 1.54) is 7.11 Å². The monoisotopic (exact) mass is 265 g/mol. The van der Waals surface area contributed by atoms with Gasteiger partial charge in [-0.2, -0.15) is 0 Å². The largest absolute Gasteiger partial charge is 0.479 e. The van der Waals surface area contributed by atoms with Crippen LogP contribution < -0.4 is 5.32 Å². The lowest BCUT2D eigenvalue weighted by Gasteiger charge is -2.14. The van der Waals surface area contributed by atoms with E-state index in [-0.39, 0.29) is 18.4 Å². The van der Waals surface area contributed by atoms with Gasteiger partial charge in [-0.05, 0) is 11.5 Å². The molecule has 0 radical (unpaired) electrons. The smallest absolute Gasteiger partial charge is 0.334 e. The quantitative estimate of drug-likeness (QED) is 0.781. The van der Waals surface area contributed by atoms with E-state index in [0.717, 1.165) is 5.56 Å². The van der Waals surface area contributed by atoms with Gasteiger partial charge in [0.05, 0.1) is 6.54 Å². The second-order valence-corrected chi connectivity index (χ2v) is 4.38. The molecule has 104 valence electrons. The van der Waals surface area contributed by atoms with Gasteiger partial charge in [0.25, 0.3) is 0 Å². The van der Waals surface area contributed by atoms with E-state index in [1.807, 2.05) is 37.3 Å². The molecule has 2 atom stereocenters. The number of hydrogen-bond acceptors (Lipinski definition) is 3. The second kappa shape index (κ2) is 7.53. The SMILES string of the molecule is COC(CNC(=O)CC(C)c1ccccc1)C(=O)O. The minimum Gasteiger partial charge on any atom is -0.479 e. The van der Waals surface area contributed by atoms with Gasteiger partial charge in [-0.15, -0.1) is 0 Å². The minimum atomic E-state index is -1.08. The number of amides is 1. The van der Waals surface area contributed by atoms with Crippen molar-refractivity contribution in [1.29, 1.82) is 0 Å². The number of methoxy groups -OCH3 is 1. The van der Waals surface area contributed by atoms with E-state index in [2.05, 4.69) is 5.32 Å². The summed E-state index contributed by atoms with van der Waals surface area (Å²) in [5, 5.41) is 11.3. The molecule has 1 aromatic carbocycles. The predicted molar refractivity (Wildman–Crippen MR) is 70.9 cm³/mol. The molecule has 5 heteroatoms. The summed E-state index contributed by atoms with van der Waals surface area (Å²) in [4.78, 5) is 22.4. The third-order valence-electron chi connectivity index (χ3n) is 2.90. The highest BCUT2D eigenvalue weighted by atomic mass is 16.5. The Morgan fingerprint density at radius 2 is 1.95 bits per heavy atom. The normalized spacial score (nSPS) is 13.6. The van der Waals surface area contributed by atoms with Gasteiger partial charge in [0.2, 0.25) is 5.91 Å². The molecule has 1 amide bonds. The van der Waals surface area contributed by atoms with E-state index in [0.29, 0.717) is 6.42 Å². The summed E-state index contributed by atoms with van der Waals surface area (Å²) >= 11 is 0. The number of benzene rings is 1. The van der Waals surface area contributed by atoms with Crippen LogP contribution in [0.1, 0.15) is 24.8 Å². The summed E-state index contributed by atoms with van der Waals surface area (Å²) in [6, 6.07) is 9.71. The Labute approximate surface area is 112 Å². The van der Waals surface area contributed by atoms with Crippen LogP contribution in [0.3, 0.4) is 0 Å². The maximum atomic E-state index is 11.7. The summed E-state index contributed by atoms with van der Waals surface area (Å²) in [5.74, 6) is -1.18. The fraction of sp³-hybridized carbons (Fsp3) is 0.429. The average molecular weight is 265 g/mol. The molecule has 0 aliphatic carbocycles. The Kier molecular flexibility index (Phi) is 6.02. The van der Waals surface area contributed by atoms with E-state index in [4.69, 9.17) is 9.84 Å². The molecule has 0 aromatic heterocycles. The van der Waals surface area contributed by atoms with Gasteiger partial charge in [0.1, 0.15) is 0 Å². The van der Waals surface area contributed by atoms with Crippen LogP contribution in [0.4, 0.5) is 0 Å². The van der Waals surface area contributed by atoms with E-state index in [1.54, 1.807) is 0 Å². The lowest BCUT2D eigenvalue weighted by molar-refractivity contribution is -0.148. The number of carbonyl (C=O) groups excluding carboxylic acids is 1. The molecule has 5 nitrogen and oxygen atoms in total. The van der Waals surface area contributed by atoms with Crippen LogP contribution in [0.15, 0.2) is 30.3 Å². The van der Waals surface area contributed by atoms with Gasteiger partial charge in [0, 0.05) is 13.5 Å². The van der Waals surface area contributed by atoms with Crippen LogP contribution in [-0.4, -0.2) is 36.7 Å². The highest BCUT2D eigenvalue weighted by Crippen LogP contribution is 2.17. The van der Waals surface area contributed by atoms with Crippen molar-refractivity contribution in [2.45, 2.75) is 25.4 Å². The molecule has 0 saturated carbocycles. The zero-order chi connectivity index (χ0) is 14.3. The third kappa shape index (κ3) is 5.09. The highest BCUT2D eigenvalue weighted by Gasteiger charge is 2.18. The van der Waals surface area contributed by atoms with E-state index in [9.17, 15) is 9.59 Å². The van der Waals surface area contributed by atoms with Crippen molar-refractivity contribution in [3.8, 4) is 0 Å². The van der Waals surface area contributed by atoms with Crippen molar-refractivity contribution in [2.24, 2.45) is 0 Å². The first kappa shape index (κ1) is 15.2. The first-order valence-corrected chi connectivity index (χ1v) is 6.11. The van der Waals surface area contributed by atoms with Gasteiger partial charge in [-0.25, -0.2) is 4.79 Å². The number of ether oxygens (including phenoxy) is 1. The Bertz CT molecular complexity index is 419. The number of hydrogen-bond donors (Lipinski definition) is 2. The molecule has 0 saturated heterocycles. The zero-order valence-electron chi connectivity index (χ0n) is 11.1. The fourth-order valence-corrected chi connectivity index (χ4v) is 1.73. The maximum absolute atomic E-state index is 11.7. The summed E-state index contributed by atoms with van der Waals surface area (Å²) in [7, 11) is 1.30. The van der Waals surface area contributed by atoms with Gasteiger partial charge >= 0.3 is 5.97 Å². The number of carboxylic acids is 1. The molecule has 0 aliphatic heterocycles. The number of carboxylic acid groups (broad SMARTS) is 1. The van der Waals surface area contributed by atoms with Crippen LogP contribution in [0.25, 0.3) is 0 Å². The predicted octanol–water partition coefficient (Wildman–Crippen LogP) is 1.40. The van der Waals surface area contributed by atoms with Crippen molar-refractivity contribution in [1.82, 2.24) is 5.32 Å². The van der Waals surface area contributed by atoms with Crippen LogP contribution in [0.2, 0.25) is 0 Å². The summed E-state index contributed by atoms with van der Waals surface area (Å²) in [6.07, 6.45) is -0.684. The maximum Gasteiger partial charge on any atom is 0.334 e. The lowest BCUT2D eigenvalue weighted by Crippen LogP contribution is -2.38. The van der Waals surface area contributed by atoms with Gasteiger partial charge in [0.15, 0.2) is 6.10 Å². The topological polar surface area (TPSA) is 75.6 Å². The van der Waals surface area contributed by atoms with Crippen molar-refractivity contribution < 1.29 is 19.4 Å². The summed E-state index contributed by atoms with van der Waals surface area (Å²) in [5.41, 5.74) is 1.08. The van der Waals surface area contributed by atoms with E-state index < -0.39 is 12.1 Å². The Morgan fingerprint density at radius 1 is 1.32 bits per heavy atom. The van der Waals surface area contributed by atoms with Crippen LogP contribution in [-0.2, 0) is 14.3 Å². The number of nitrogens with one attached hydrogen (secondary N) is 1. The van der Waals surface area contributed by atoms with Crippen molar-refractivity contribution in [3.05, 3.63) is 35.9 Å². The molecule has 0 spiro atoms. The summed E-state index contributed by atoms with van der Waals surface area (Å²) in [6.45, 7) is 1.94. The third-order valence-corrected chi connectivity index (χ3v) is 2.90. The van der Waals surface area contributed by atoms with Crippen LogP contribution >= 0.6 is 0 Å². The first-order chi connectivity index (χ1) is 9.04. The lowest BCUT2D eigenvalue weighted by atomic mass is 9.97. The molecular weight excluding hydrogens is 246 g/mol. The number of aliphatic carboxylic acids is 1. The molecular formula is C14H19NO4. The van der Waals surface area contributed by atoms with Crippen LogP contribution in [0.5, 0.6) is 0 Å². The molecule has 0 aliphatic rings. The minimum absolute atomic E-state index is 0.0217. The molecule has 1 aromatic rings. The van der Waals surface area contributed by atoms with Gasteiger partial charge < -0.3 is 15.2 Å². The zero-order valence-corrected chi connectivity index (χ0v) is 11.1. The van der Waals surface area contributed by atoms with Gasteiger partial charge in [-0.1, -0.05) is 37.3 Å². The molecule has 2 N–H and O–H groups in total. The standard InChI is InChI=1S/C14H19NO4/c1-10(11-6-4-3-5-7-11)8-13(16)15-9-12(19-2)14(17)18/h3-7,10,12H,8-9H2,1-2H3,(H,15,16)(H,17,18). The van der Waals surface area contributed by atoms with Crippen molar-refractivity contribution >= 4 is 11.9 Å². The summed E-state index contributed by atoms with van der Waals surface area (Å²) < 4.78 is 4.74. The van der Waals surface area contributed by atoms with E-state index >= 15 is 0 Å². The molecule has 19 heavy (non-hydrogen) atoms. The Hall–Kier alpha value is -1.88. The van der Waals surface area contributed by atoms with Crippen LogP contribution in [0, 0.1) is 0 Å². The molecule has 2 unspecified atom stereocenters. The molecule has 0 bridgehead atoms. The Morgan fingerprint density at radius 3 is 2.47 bits per heavy atom. The number of rotatable bonds is 7. The Balaban J connectivity index is 2.41. The molecule has 0 heterocycles. The van der Waals surface area contributed by atoms with Gasteiger partial charge in [-0.3, -0.25) is 4.79 Å². The molecule has 1 rings (SSSR count). The van der Waals surface area contributed by atoms with Crippen molar-refractivity contribution in [3.63, 3.8) is 0 Å². The molecule has 0 fully saturated rings. The van der Waals surface area contributed by atoms with Crippen molar-refractivity contribution in [2.75, 3.05) is 13.7 Å². The fourth-order valence-electron chi connectivity index (χ4n) is 1.73. The highest BCUT2D eigenvalue weighted by molar-refractivity contribution is 5.78. The number of carbonyl (C=O) groups is 2. The average Bonchev–Trinajstić information content (AvgIpc) is 2.40. The first-order valence-electron chi connectivity index (χ1n) is 6.11.